The second-order valence-electron chi connectivity index (χ2n) is 7.63. The minimum atomic E-state index is -0.955. The normalized spacial score (nSPS) is 29.9. The van der Waals surface area contributed by atoms with Crippen molar-refractivity contribution in [2.75, 3.05) is 13.1 Å². The van der Waals surface area contributed by atoms with E-state index in [-0.39, 0.29) is 17.6 Å². The number of aromatic amines is 1. The highest BCUT2D eigenvalue weighted by molar-refractivity contribution is 5.92. The summed E-state index contributed by atoms with van der Waals surface area (Å²) in [7, 11) is 0. The molecule has 2 heterocycles. The average molecular weight is 324 g/mol. The number of likely N-dealkylation sites (tertiary alicyclic amines) is 1. The second-order valence-corrected chi connectivity index (χ2v) is 7.63. The van der Waals surface area contributed by atoms with Crippen LogP contribution in [-0.2, 0) is 11.2 Å². The SMILES string of the molecule is C[C@]1(O)CC(=O)C=C2N(CCc3c[nH]c4ccccc34)CC[C@@]21C. The van der Waals surface area contributed by atoms with Gasteiger partial charge in [-0.15, -0.1) is 0 Å². The Labute approximate surface area is 142 Å². The molecule has 1 aromatic heterocycles. The minimum absolute atomic E-state index is 0.0338. The van der Waals surface area contributed by atoms with E-state index in [4.69, 9.17) is 0 Å². The number of aromatic nitrogens is 1. The van der Waals surface area contributed by atoms with E-state index >= 15 is 0 Å². The average Bonchev–Trinajstić information content (AvgIpc) is 3.08. The lowest BCUT2D eigenvalue weighted by Crippen LogP contribution is -2.48. The third kappa shape index (κ3) is 2.20. The third-order valence-corrected chi connectivity index (χ3v) is 6.12. The van der Waals surface area contributed by atoms with Crippen LogP contribution in [0.15, 0.2) is 42.2 Å². The molecule has 4 rings (SSSR count). The van der Waals surface area contributed by atoms with Crippen LogP contribution in [0.3, 0.4) is 0 Å². The molecule has 4 heteroatoms. The van der Waals surface area contributed by atoms with E-state index in [0.717, 1.165) is 37.1 Å². The van der Waals surface area contributed by atoms with Crippen molar-refractivity contribution in [3.8, 4) is 0 Å². The second kappa shape index (κ2) is 5.21. The molecule has 0 saturated carbocycles. The molecule has 0 spiro atoms. The van der Waals surface area contributed by atoms with Crippen LogP contribution in [-0.4, -0.2) is 39.5 Å². The number of benzene rings is 1. The zero-order chi connectivity index (χ0) is 16.9. The summed E-state index contributed by atoms with van der Waals surface area (Å²) in [6.45, 7) is 5.67. The largest absolute Gasteiger partial charge is 0.389 e. The molecule has 0 amide bonds. The van der Waals surface area contributed by atoms with Crippen LogP contribution in [0.4, 0.5) is 0 Å². The van der Waals surface area contributed by atoms with Crippen LogP contribution in [0.25, 0.3) is 10.9 Å². The van der Waals surface area contributed by atoms with Crippen molar-refractivity contribution in [2.24, 2.45) is 5.41 Å². The van der Waals surface area contributed by atoms with Crippen molar-refractivity contribution in [2.45, 2.75) is 38.7 Å². The topological polar surface area (TPSA) is 56.3 Å². The quantitative estimate of drug-likeness (QED) is 0.912. The van der Waals surface area contributed by atoms with Crippen molar-refractivity contribution in [1.29, 1.82) is 0 Å². The third-order valence-electron chi connectivity index (χ3n) is 6.12. The first kappa shape index (κ1) is 15.5. The molecule has 1 aliphatic heterocycles. The molecule has 0 radical (unpaired) electrons. The van der Waals surface area contributed by atoms with E-state index in [1.165, 1.54) is 10.9 Å². The van der Waals surface area contributed by atoms with Gasteiger partial charge >= 0.3 is 0 Å². The Morgan fingerprint density at radius 1 is 1.29 bits per heavy atom. The summed E-state index contributed by atoms with van der Waals surface area (Å²) in [6, 6.07) is 8.33. The number of hydrogen-bond acceptors (Lipinski definition) is 3. The Morgan fingerprint density at radius 2 is 2.08 bits per heavy atom. The first-order valence-electron chi connectivity index (χ1n) is 8.68. The lowest BCUT2D eigenvalue weighted by molar-refractivity contribution is -0.126. The monoisotopic (exact) mass is 324 g/mol. The number of H-pyrrole nitrogens is 1. The number of rotatable bonds is 3. The van der Waals surface area contributed by atoms with Crippen LogP contribution in [0.1, 0.15) is 32.3 Å². The fraction of sp³-hybridized carbons (Fsp3) is 0.450. The van der Waals surface area contributed by atoms with Crippen molar-refractivity contribution >= 4 is 16.7 Å². The number of nitrogens with one attached hydrogen (secondary N) is 1. The molecule has 2 N–H and O–H groups in total. The number of carbonyl (C=O) groups is 1. The highest BCUT2D eigenvalue weighted by atomic mass is 16.3. The summed E-state index contributed by atoms with van der Waals surface area (Å²) in [5, 5.41) is 12.1. The summed E-state index contributed by atoms with van der Waals surface area (Å²) in [5.41, 5.74) is 2.20. The van der Waals surface area contributed by atoms with E-state index in [9.17, 15) is 9.90 Å². The molecule has 24 heavy (non-hydrogen) atoms. The number of hydrogen-bond donors (Lipinski definition) is 2. The lowest BCUT2D eigenvalue weighted by atomic mass is 9.66. The maximum atomic E-state index is 12.0. The maximum absolute atomic E-state index is 12.0. The number of carbonyl (C=O) groups excluding carboxylic acids is 1. The molecule has 2 aliphatic rings. The Morgan fingerprint density at radius 3 is 2.92 bits per heavy atom. The lowest BCUT2D eigenvalue weighted by Gasteiger charge is -2.44. The molecule has 2 aromatic rings. The summed E-state index contributed by atoms with van der Waals surface area (Å²) >= 11 is 0. The van der Waals surface area contributed by atoms with Gasteiger partial charge in [-0.25, -0.2) is 0 Å². The zero-order valence-electron chi connectivity index (χ0n) is 14.3. The van der Waals surface area contributed by atoms with Gasteiger partial charge in [0.15, 0.2) is 5.78 Å². The minimum Gasteiger partial charge on any atom is -0.389 e. The maximum Gasteiger partial charge on any atom is 0.160 e. The molecular formula is C20H24N2O2. The molecule has 126 valence electrons. The molecule has 0 bridgehead atoms. The number of allylic oxidation sites excluding steroid dienone is 1. The van der Waals surface area contributed by atoms with Gasteiger partial charge in [-0.2, -0.15) is 0 Å². The van der Waals surface area contributed by atoms with E-state index in [2.05, 4.69) is 41.2 Å². The number of fused-ring (bicyclic) bond motifs is 2. The van der Waals surface area contributed by atoms with Crippen molar-refractivity contribution < 1.29 is 9.90 Å². The summed E-state index contributed by atoms with van der Waals surface area (Å²) in [4.78, 5) is 17.7. The molecule has 0 unspecified atom stereocenters. The number of aliphatic hydroxyl groups is 1. The van der Waals surface area contributed by atoms with E-state index in [0.29, 0.717) is 0 Å². The molecule has 1 aliphatic carbocycles. The summed E-state index contributed by atoms with van der Waals surface area (Å²) in [5.74, 6) is 0.0338. The Balaban J connectivity index is 1.57. The molecule has 1 fully saturated rings. The predicted molar refractivity (Wildman–Crippen MR) is 94.6 cm³/mol. The molecule has 1 aromatic carbocycles. The predicted octanol–water partition coefficient (Wildman–Crippen LogP) is 3.03. The van der Waals surface area contributed by atoms with Gasteiger partial charge in [0, 0.05) is 53.8 Å². The van der Waals surface area contributed by atoms with Crippen LogP contribution in [0, 0.1) is 5.41 Å². The van der Waals surface area contributed by atoms with Crippen molar-refractivity contribution in [3.05, 3.63) is 47.8 Å². The van der Waals surface area contributed by atoms with Crippen molar-refractivity contribution in [3.63, 3.8) is 0 Å². The summed E-state index contributed by atoms with van der Waals surface area (Å²) in [6.07, 6.45) is 5.89. The fourth-order valence-corrected chi connectivity index (χ4v) is 4.32. The number of ketones is 1. The molecule has 2 atom stereocenters. The van der Waals surface area contributed by atoms with Crippen molar-refractivity contribution in [1.82, 2.24) is 9.88 Å². The van der Waals surface area contributed by atoms with Gasteiger partial charge in [0.05, 0.1) is 5.60 Å². The Bertz CT molecular complexity index is 833. The van der Waals surface area contributed by atoms with E-state index in [1.54, 1.807) is 13.0 Å². The van der Waals surface area contributed by atoms with E-state index < -0.39 is 5.60 Å². The van der Waals surface area contributed by atoms with Gasteiger partial charge in [0.25, 0.3) is 0 Å². The first-order valence-corrected chi connectivity index (χ1v) is 8.68. The molecular weight excluding hydrogens is 300 g/mol. The van der Waals surface area contributed by atoms with Gasteiger partial charge in [0.2, 0.25) is 0 Å². The zero-order valence-corrected chi connectivity index (χ0v) is 14.3. The van der Waals surface area contributed by atoms with E-state index in [1.807, 2.05) is 6.07 Å². The molecule has 1 saturated heterocycles. The first-order chi connectivity index (χ1) is 11.4. The van der Waals surface area contributed by atoms with Crippen LogP contribution in [0.2, 0.25) is 0 Å². The number of nitrogens with zero attached hydrogens (tertiary/aromatic N) is 1. The van der Waals surface area contributed by atoms with Crippen LogP contribution < -0.4 is 0 Å². The highest BCUT2D eigenvalue weighted by Crippen LogP contribution is 2.51. The Hall–Kier alpha value is -2.07. The van der Waals surface area contributed by atoms with Crippen LogP contribution >= 0.6 is 0 Å². The highest BCUT2D eigenvalue weighted by Gasteiger charge is 2.54. The standard InChI is InChI=1S/C20H24N2O2/c1-19-8-10-22(18(19)11-15(23)12-20(19,2)24)9-7-14-13-21-17-6-4-3-5-16(14)17/h3-6,11,13,21,24H,7-10,12H2,1-2H3/t19-,20-/m0/s1. The summed E-state index contributed by atoms with van der Waals surface area (Å²) < 4.78 is 0. The van der Waals surface area contributed by atoms with Gasteiger partial charge in [-0.05, 0) is 31.4 Å². The smallest absolute Gasteiger partial charge is 0.160 e. The van der Waals surface area contributed by atoms with Gasteiger partial charge in [-0.3, -0.25) is 4.79 Å². The fourth-order valence-electron chi connectivity index (χ4n) is 4.32. The molecule has 4 nitrogen and oxygen atoms in total. The van der Waals surface area contributed by atoms with Crippen LogP contribution in [0.5, 0.6) is 0 Å². The van der Waals surface area contributed by atoms with Gasteiger partial charge in [-0.1, -0.05) is 25.1 Å². The van der Waals surface area contributed by atoms with Gasteiger partial charge in [0.1, 0.15) is 0 Å². The van der Waals surface area contributed by atoms with Gasteiger partial charge < -0.3 is 15.0 Å². The Kier molecular flexibility index (Phi) is 3.36. The number of para-hydroxylation sites is 1.